The first-order chi connectivity index (χ1) is 7.54. The van der Waals surface area contributed by atoms with Crippen molar-refractivity contribution >= 4 is 5.69 Å². The van der Waals surface area contributed by atoms with Crippen LogP contribution in [0.1, 0.15) is 31.9 Å². The van der Waals surface area contributed by atoms with Crippen molar-refractivity contribution < 1.29 is 0 Å². The quantitative estimate of drug-likeness (QED) is 0.818. The molecule has 0 saturated heterocycles. The third kappa shape index (κ3) is 3.53. The van der Waals surface area contributed by atoms with Gasteiger partial charge in [-0.05, 0) is 44.1 Å². The summed E-state index contributed by atoms with van der Waals surface area (Å²) >= 11 is 0. The molecule has 0 saturated carbocycles. The van der Waals surface area contributed by atoms with Crippen molar-refractivity contribution in [3.8, 4) is 0 Å². The summed E-state index contributed by atoms with van der Waals surface area (Å²) in [6, 6.07) is 9.19. The van der Waals surface area contributed by atoms with Crippen molar-refractivity contribution in [2.45, 2.75) is 26.3 Å². The summed E-state index contributed by atoms with van der Waals surface area (Å²) in [7, 11) is 6.27. The minimum Gasteiger partial charge on any atom is -0.388 e. The zero-order chi connectivity index (χ0) is 12.1. The van der Waals surface area contributed by atoms with Gasteiger partial charge in [0.2, 0.25) is 0 Å². The van der Waals surface area contributed by atoms with Crippen molar-refractivity contribution in [3.63, 3.8) is 0 Å². The maximum absolute atomic E-state index is 3.20. The molecule has 0 radical (unpaired) electrons. The number of rotatable bonds is 5. The average molecular weight is 220 g/mol. The van der Waals surface area contributed by atoms with Crippen LogP contribution < -0.4 is 5.32 Å². The molecular weight excluding hydrogens is 196 g/mol. The van der Waals surface area contributed by atoms with Gasteiger partial charge in [0.25, 0.3) is 0 Å². The molecular formula is C14H24N2. The summed E-state index contributed by atoms with van der Waals surface area (Å²) < 4.78 is 0. The Morgan fingerprint density at radius 1 is 1.25 bits per heavy atom. The minimum atomic E-state index is 0.508. The molecule has 2 heteroatoms. The van der Waals surface area contributed by atoms with Crippen molar-refractivity contribution in [2.75, 3.05) is 26.5 Å². The van der Waals surface area contributed by atoms with E-state index in [-0.39, 0.29) is 0 Å². The van der Waals surface area contributed by atoms with Crippen LogP contribution in [-0.4, -0.2) is 26.0 Å². The molecule has 1 unspecified atom stereocenters. The van der Waals surface area contributed by atoms with Crippen LogP contribution in [0.15, 0.2) is 24.3 Å². The topological polar surface area (TPSA) is 15.3 Å². The number of nitrogens with zero attached hydrogens (tertiary/aromatic N) is 1. The molecule has 0 fully saturated rings. The summed E-state index contributed by atoms with van der Waals surface area (Å²) in [6.07, 6.45) is 1.19. The molecule has 2 nitrogen and oxygen atoms in total. The highest BCUT2D eigenvalue weighted by atomic mass is 15.1. The molecule has 1 aromatic rings. The van der Waals surface area contributed by atoms with Gasteiger partial charge in [-0.1, -0.05) is 26.0 Å². The van der Waals surface area contributed by atoms with Crippen LogP contribution in [0.2, 0.25) is 0 Å². The fourth-order valence-corrected chi connectivity index (χ4v) is 1.99. The zero-order valence-electron chi connectivity index (χ0n) is 11.1. The van der Waals surface area contributed by atoms with Gasteiger partial charge in [0.1, 0.15) is 0 Å². The van der Waals surface area contributed by atoms with E-state index in [1.807, 2.05) is 7.05 Å². The third-order valence-electron chi connectivity index (χ3n) is 2.88. The van der Waals surface area contributed by atoms with Crippen LogP contribution in [0.3, 0.4) is 0 Å². The van der Waals surface area contributed by atoms with Gasteiger partial charge in [-0.3, -0.25) is 0 Å². The Morgan fingerprint density at radius 3 is 2.44 bits per heavy atom. The molecule has 0 bridgehead atoms. The molecule has 90 valence electrons. The van der Waals surface area contributed by atoms with Crippen molar-refractivity contribution in [3.05, 3.63) is 29.8 Å². The molecule has 1 N–H and O–H groups in total. The van der Waals surface area contributed by atoms with E-state index in [0.717, 1.165) is 0 Å². The summed E-state index contributed by atoms with van der Waals surface area (Å²) in [5.74, 6) is 0.714. The van der Waals surface area contributed by atoms with Crippen molar-refractivity contribution in [1.29, 1.82) is 0 Å². The van der Waals surface area contributed by atoms with E-state index in [4.69, 9.17) is 0 Å². The van der Waals surface area contributed by atoms with Crippen LogP contribution in [0.25, 0.3) is 0 Å². The van der Waals surface area contributed by atoms with Gasteiger partial charge in [0.15, 0.2) is 0 Å². The fraction of sp³-hybridized carbons (Fsp3) is 0.571. The van der Waals surface area contributed by atoms with E-state index >= 15 is 0 Å². The second kappa shape index (κ2) is 5.90. The number of nitrogens with one attached hydrogen (secondary N) is 1. The number of anilines is 1. The number of benzene rings is 1. The second-order valence-electron chi connectivity index (χ2n) is 4.98. The smallest absolute Gasteiger partial charge is 0.0345 e. The summed E-state index contributed by atoms with van der Waals surface area (Å²) in [6.45, 7) is 4.55. The predicted octanol–water partition coefficient (Wildman–Crippen LogP) is 3.38. The van der Waals surface area contributed by atoms with Gasteiger partial charge in [-0.15, -0.1) is 0 Å². The Hall–Kier alpha value is -1.02. The SMILES string of the molecule is CNc1cccc(C(CC(C)C)N(C)C)c1. The first-order valence-electron chi connectivity index (χ1n) is 5.98. The monoisotopic (exact) mass is 220 g/mol. The molecule has 1 aromatic carbocycles. The highest BCUT2D eigenvalue weighted by Gasteiger charge is 2.15. The van der Waals surface area contributed by atoms with E-state index in [9.17, 15) is 0 Å². The van der Waals surface area contributed by atoms with Crippen LogP contribution in [0, 0.1) is 5.92 Å². The maximum atomic E-state index is 3.20. The Bertz CT molecular complexity index is 318. The Labute approximate surface area is 99.7 Å². The van der Waals surface area contributed by atoms with E-state index in [1.54, 1.807) is 0 Å². The first kappa shape index (κ1) is 13.0. The van der Waals surface area contributed by atoms with Gasteiger partial charge in [0.05, 0.1) is 0 Å². The normalized spacial score (nSPS) is 13.2. The van der Waals surface area contributed by atoms with Gasteiger partial charge < -0.3 is 10.2 Å². The molecule has 0 heterocycles. The largest absolute Gasteiger partial charge is 0.388 e. The van der Waals surface area contributed by atoms with Gasteiger partial charge in [0, 0.05) is 18.8 Å². The molecule has 0 aliphatic heterocycles. The van der Waals surface area contributed by atoms with E-state index in [2.05, 4.69) is 62.4 Å². The van der Waals surface area contributed by atoms with Gasteiger partial charge in [-0.2, -0.15) is 0 Å². The van der Waals surface area contributed by atoms with Crippen LogP contribution >= 0.6 is 0 Å². The Kier molecular flexibility index (Phi) is 4.81. The first-order valence-corrected chi connectivity index (χ1v) is 5.98. The molecule has 1 rings (SSSR count). The lowest BCUT2D eigenvalue weighted by atomic mass is 9.96. The Balaban J connectivity index is 2.91. The molecule has 16 heavy (non-hydrogen) atoms. The molecule has 0 aliphatic rings. The maximum Gasteiger partial charge on any atom is 0.0345 e. The summed E-state index contributed by atoms with van der Waals surface area (Å²) in [4.78, 5) is 2.30. The molecule has 0 aliphatic carbocycles. The van der Waals surface area contributed by atoms with E-state index in [1.165, 1.54) is 17.7 Å². The third-order valence-corrected chi connectivity index (χ3v) is 2.88. The lowest BCUT2D eigenvalue weighted by Crippen LogP contribution is -2.21. The summed E-state index contributed by atoms with van der Waals surface area (Å²) in [5, 5.41) is 3.20. The predicted molar refractivity (Wildman–Crippen MR) is 71.9 cm³/mol. The lowest BCUT2D eigenvalue weighted by Gasteiger charge is -2.26. The summed E-state index contributed by atoms with van der Waals surface area (Å²) in [5.41, 5.74) is 2.58. The fourth-order valence-electron chi connectivity index (χ4n) is 1.99. The highest BCUT2D eigenvalue weighted by molar-refractivity contribution is 5.45. The van der Waals surface area contributed by atoms with E-state index in [0.29, 0.717) is 12.0 Å². The average Bonchev–Trinajstić information content (AvgIpc) is 2.25. The van der Waals surface area contributed by atoms with Crippen molar-refractivity contribution in [1.82, 2.24) is 4.90 Å². The van der Waals surface area contributed by atoms with Gasteiger partial charge in [-0.25, -0.2) is 0 Å². The standard InChI is InChI=1S/C14H24N2/c1-11(2)9-14(16(4)5)12-7-6-8-13(10-12)15-3/h6-8,10-11,14-15H,9H2,1-5H3. The van der Waals surface area contributed by atoms with Gasteiger partial charge >= 0.3 is 0 Å². The second-order valence-corrected chi connectivity index (χ2v) is 4.98. The molecule has 0 aromatic heterocycles. The molecule has 0 amide bonds. The van der Waals surface area contributed by atoms with Crippen LogP contribution in [0.5, 0.6) is 0 Å². The Morgan fingerprint density at radius 2 is 1.94 bits per heavy atom. The zero-order valence-corrected chi connectivity index (χ0v) is 11.1. The van der Waals surface area contributed by atoms with E-state index < -0.39 is 0 Å². The molecule has 0 spiro atoms. The minimum absolute atomic E-state index is 0.508. The van der Waals surface area contributed by atoms with Crippen molar-refractivity contribution in [2.24, 2.45) is 5.92 Å². The number of hydrogen-bond acceptors (Lipinski definition) is 2. The van der Waals surface area contributed by atoms with Crippen LogP contribution in [0.4, 0.5) is 5.69 Å². The molecule has 1 atom stereocenters. The van der Waals surface area contributed by atoms with Crippen LogP contribution in [-0.2, 0) is 0 Å². The lowest BCUT2D eigenvalue weighted by molar-refractivity contribution is 0.259. The number of hydrogen-bond donors (Lipinski definition) is 1. The highest BCUT2D eigenvalue weighted by Crippen LogP contribution is 2.27.